The largest absolute Gasteiger partial charge is 0.376 e. The lowest BCUT2D eigenvalue weighted by Crippen LogP contribution is -2.16. The van der Waals surface area contributed by atoms with Gasteiger partial charge in [0, 0.05) is 12.7 Å². The predicted octanol–water partition coefficient (Wildman–Crippen LogP) is 2.08. The zero-order chi connectivity index (χ0) is 12.5. The van der Waals surface area contributed by atoms with Gasteiger partial charge in [0.05, 0.1) is 12.6 Å². The molecule has 0 radical (unpaired) electrons. The standard InChI is InChI=1S/C11H14N4O2S/c1-7-5-9(14-17-7)10-12-13-11(18)15(10)6-8-3-2-4-16-8/h5,8H,2-4,6H2,1H3,(H,13,18). The van der Waals surface area contributed by atoms with Crippen LogP contribution >= 0.6 is 12.2 Å². The first-order valence-corrected chi connectivity index (χ1v) is 6.35. The first kappa shape index (κ1) is 11.6. The minimum Gasteiger partial charge on any atom is -0.376 e. The lowest BCUT2D eigenvalue weighted by atomic mass is 10.2. The van der Waals surface area contributed by atoms with Crippen molar-refractivity contribution in [3.63, 3.8) is 0 Å². The van der Waals surface area contributed by atoms with E-state index in [-0.39, 0.29) is 6.10 Å². The zero-order valence-electron chi connectivity index (χ0n) is 10.0. The molecule has 0 bridgehead atoms. The quantitative estimate of drug-likeness (QED) is 0.861. The van der Waals surface area contributed by atoms with E-state index < -0.39 is 0 Å². The number of ether oxygens (including phenoxy) is 1. The summed E-state index contributed by atoms with van der Waals surface area (Å²) >= 11 is 5.25. The molecule has 96 valence electrons. The van der Waals surface area contributed by atoms with Crippen LogP contribution in [0.15, 0.2) is 10.6 Å². The van der Waals surface area contributed by atoms with E-state index in [4.69, 9.17) is 21.5 Å². The van der Waals surface area contributed by atoms with Gasteiger partial charge >= 0.3 is 0 Å². The van der Waals surface area contributed by atoms with Crippen LogP contribution in [0.3, 0.4) is 0 Å². The van der Waals surface area contributed by atoms with Gasteiger partial charge in [-0.3, -0.25) is 9.67 Å². The lowest BCUT2D eigenvalue weighted by Gasteiger charge is -2.10. The molecule has 6 nitrogen and oxygen atoms in total. The Hall–Kier alpha value is -1.47. The maximum absolute atomic E-state index is 5.62. The number of hydrogen-bond donors (Lipinski definition) is 1. The number of hydrogen-bond acceptors (Lipinski definition) is 5. The van der Waals surface area contributed by atoms with E-state index in [1.54, 1.807) is 0 Å². The van der Waals surface area contributed by atoms with Crippen molar-refractivity contribution in [2.75, 3.05) is 6.61 Å². The highest BCUT2D eigenvalue weighted by atomic mass is 32.1. The van der Waals surface area contributed by atoms with E-state index in [1.165, 1.54) is 0 Å². The van der Waals surface area contributed by atoms with Crippen molar-refractivity contribution in [3.8, 4) is 11.5 Å². The van der Waals surface area contributed by atoms with Crippen molar-refractivity contribution in [2.45, 2.75) is 32.4 Å². The molecule has 1 atom stereocenters. The van der Waals surface area contributed by atoms with Gasteiger partial charge in [0.1, 0.15) is 5.76 Å². The van der Waals surface area contributed by atoms with Crippen LogP contribution in [0, 0.1) is 11.7 Å². The molecule has 0 aliphatic carbocycles. The fourth-order valence-electron chi connectivity index (χ4n) is 2.15. The highest BCUT2D eigenvalue weighted by Crippen LogP contribution is 2.20. The third-order valence-electron chi connectivity index (χ3n) is 3.03. The van der Waals surface area contributed by atoms with Crippen LogP contribution in [0.2, 0.25) is 0 Å². The number of nitrogens with zero attached hydrogens (tertiary/aromatic N) is 3. The molecule has 0 aromatic carbocycles. The van der Waals surface area contributed by atoms with Crippen molar-refractivity contribution < 1.29 is 9.26 Å². The van der Waals surface area contributed by atoms with E-state index in [1.807, 2.05) is 17.6 Å². The second-order valence-electron chi connectivity index (χ2n) is 4.42. The molecule has 0 saturated carbocycles. The number of H-pyrrole nitrogens is 1. The minimum atomic E-state index is 0.209. The fraction of sp³-hybridized carbons (Fsp3) is 0.545. The highest BCUT2D eigenvalue weighted by molar-refractivity contribution is 7.71. The molecule has 18 heavy (non-hydrogen) atoms. The van der Waals surface area contributed by atoms with Crippen LogP contribution in [0.1, 0.15) is 18.6 Å². The van der Waals surface area contributed by atoms with Crippen molar-refractivity contribution in [1.82, 2.24) is 19.9 Å². The molecule has 1 fully saturated rings. The van der Waals surface area contributed by atoms with E-state index >= 15 is 0 Å². The zero-order valence-corrected chi connectivity index (χ0v) is 10.9. The van der Waals surface area contributed by atoms with Crippen LogP contribution in [0.5, 0.6) is 0 Å². The molecule has 0 amide bonds. The third kappa shape index (κ3) is 2.11. The second kappa shape index (κ2) is 4.66. The average molecular weight is 266 g/mol. The first-order valence-electron chi connectivity index (χ1n) is 5.94. The van der Waals surface area contributed by atoms with Crippen LogP contribution in [0.25, 0.3) is 11.5 Å². The van der Waals surface area contributed by atoms with Crippen molar-refractivity contribution in [1.29, 1.82) is 0 Å². The monoisotopic (exact) mass is 266 g/mol. The van der Waals surface area contributed by atoms with Crippen molar-refractivity contribution in [2.24, 2.45) is 0 Å². The summed E-state index contributed by atoms with van der Waals surface area (Å²) in [5, 5.41) is 11.0. The van der Waals surface area contributed by atoms with Gasteiger partial charge in [-0.25, -0.2) is 0 Å². The summed E-state index contributed by atoms with van der Waals surface area (Å²) in [4.78, 5) is 0. The Bertz CT molecular complexity index is 594. The Morgan fingerprint density at radius 1 is 1.61 bits per heavy atom. The molecule has 2 aromatic heterocycles. The Kier molecular flexibility index (Phi) is 3.00. The first-order chi connectivity index (χ1) is 8.74. The summed E-state index contributed by atoms with van der Waals surface area (Å²) in [5.41, 5.74) is 0.692. The predicted molar refractivity (Wildman–Crippen MR) is 66.6 cm³/mol. The molecule has 1 unspecified atom stereocenters. The van der Waals surface area contributed by atoms with Crippen LogP contribution < -0.4 is 0 Å². The number of rotatable bonds is 3. The molecule has 0 spiro atoms. The van der Waals surface area contributed by atoms with E-state index in [0.29, 0.717) is 22.8 Å². The molecule has 1 saturated heterocycles. The van der Waals surface area contributed by atoms with Crippen LogP contribution in [0.4, 0.5) is 0 Å². The topological polar surface area (TPSA) is 68.9 Å². The number of aromatic amines is 1. The van der Waals surface area contributed by atoms with Crippen LogP contribution in [-0.2, 0) is 11.3 Å². The Morgan fingerprint density at radius 3 is 3.17 bits per heavy atom. The molecular formula is C11H14N4O2S. The maximum Gasteiger partial charge on any atom is 0.195 e. The van der Waals surface area contributed by atoms with E-state index in [0.717, 1.165) is 25.2 Å². The summed E-state index contributed by atoms with van der Waals surface area (Å²) in [6, 6.07) is 1.84. The normalized spacial score (nSPS) is 19.5. The SMILES string of the molecule is Cc1cc(-c2n[nH]c(=S)n2CC2CCCO2)no1. The Morgan fingerprint density at radius 2 is 2.50 bits per heavy atom. The van der Waals surface area contributed by atoms with E-state index in [9.17, 15) is 0 Å². The van der Waals surface area contributed by atoms with Gasteiger partial charge in [-0.2, -0.15) is 5.10 Å². The summed E-state index contributed by atoms with van der Waals surface area (Å²) < 4.78 is 13.2. The minimum absolute atomic E-state index is 0.209. The molecule has 2 aromatic rings. The summed E-state index contributed by atoms with van der Waals surface area (Å²) in [6.45, 7) is 3.38. The molecular weight excluding hydrogens is 252 g/mol. The van der Waals surface area contributed by atoms with Crippen molar-refractivity contribution >= 4 is 12.2 Å². The highest BCUT2D eigenvalue weighted by Gasteiger charge is 2.20. The summed E-state index contributed by atoms with van der Waals surface area (Å²) in [6.07, 6.45) is 2.37. The number of aryl methyl sites for hydroxylation is 1. The Balaban J connectivity index is 1.93. The molecule has 3 heterocycles. The maximum atomic E-state index is 5.62. The van der Waals surface area contributed by atoms with Gasteiger partial charge in [-0.1, -0.05) is 5.16 Å². The van der Waals surface area contributed by atoms with Crippen LogP contribution in [-0.4, -0.2) is 32.6 Å². The smallest absolute Gasteiger partial charge is 0.195 e. The number of aromatic nitrogens is 4. The lowest BCUT2D eigenvalue weighted by molar-refractivity contribution is 0.0969. The Labute approximate surface area is 109 Å². The summed E-state index contributed by atoms with van der Waals surface area (Å²) in [5.74, 6) is 1.45. The van der Waals surface area contributed by atoms with Gasteiger partial charge in [-0.05, 0) is 32.0 Å². The number of nitrogens with one attached hydrogen (secondary N) is 1. The van der Waals surface area contributed by atoms with Gasteiger partial charge in [-0.15, -0.1) is 0 Å². The summed E-state index contributed by atoms with van der Waals surface area (Å²) in [7, 11) is 0. The van der Waals surface area contributed by atoms with Gasteiger partial charge in [0.15, 0.2) is 16.3 Å². The third-order valence-corrected chi connectivity index (χ3v) is 3.34. The molecule has 1 N–H and O–H groups in total. The molecule has 7 heteroatoms. The van der Waals surface area contributed by atoms with Gasteiger partial charge in [0.2, 0.25) is 0 Å². The fourth-order valence-corrected chi connectivity index (χ4v) is 2.35. The van der Waals surface area contributed by atoms with Gasteiger partial charge < -0.3 is 9.26 Å². The van der Waals surface area contributed by atoms with Gasteiger partial charge in [0.25, 0.3) is 0 Å². The second-order valence-corrected chi connectivity index (χ2v) is 4.81. The molecule has 1 aliphatic rings. The average Bonchev–Trinajstić information content (AvgIpc) is 3.04. The molecule has 1 aliphatic heterocycles. The molecule has 3 rings (SSSR count). The van der Waals surface area contributed by atoms with E-state index in [2.05, 4.69) is 15.4 Å². The van der Waals surface area contributed by atoms with Crippen molar-refractivity contribution in [3.05, 3.63) is 16.6 Å².